The number of aryl methyl sites for hydroxylation is 1. The summed E-state index contributed by atoms with van der Waals surface area (Å²) in [6.07, 6.45) is -0.582. The van der Waals surface area contributed by atoms with Gasteiger partial charge in [0.1, 0.15) is 5.69 Å². The van der Waals surface area contributed by atoms with E-state index in [-0.39, 0.29) is 17.9 Å². The van der Waals surface area contributed by atoms with E-state index in [9.17, 15) is 13.2 Å². The summed E-state index contributed by atoms with van der Waals surface area (Å²) in [6.45, 7) is 2.60. The maximum absolute atomic E-state index is 13.4. The average Bonchev–Trinajstić information content (AvgIpc) is 3.13. The number of alkyl halides is 3. The van der Waals surface area contributed by atoms with Gasteiger partial charge in [0, 0.05) is 28.9 Å². The van der Waals surface area contributed by atoms with E-state index in [0.29, 0.717) is 17.1 Å². The Morgan fingerprint density at radius 1 is 0.968 bits per heavy atom. The molecule has 0 unspecified atom stereocenters. The molecule has 0 aliphatic heterocycles. The van der Waals surface area contributed by atoms with E-state index < -0.39 is 11.9 Å². The second-order valence-electron chi connectivity index (χ2n) is 7.28. The van der Waals surface area contributed by atoms with Crippen molar-refractivity contribution in [2.24, 2.45) is 0 Å². The van der Waals surface area contributed by atoms with Crippen LogP contribution < -0.4 is 0 Å². The monoisotopic (exact) mass is 442 g/mol. The molecule has 0 saturated carbocycles. The number of rotatable bonds is 5. The molecule has 2 aromatic carbocycles. The van der Waals surface area contributed by atoms with Crippen LogP contribution in [0.4, 0.5) is 13.2 Å². The Hall–Kier alpha value is -3.19. The van der Waals surface area contributed by atoms with Crippen molar-refractivity contribution in [3.8, 4) is 11.4 Å². The fraction of sp³-hybridized carbons (Fsp3) is 0.174. The molecule has 4 nitrogen and oxygen atoms in total. The van der Waals surface area contributed by atoms with Gasteiger partial charge in [0.25, 0.3) is 0 Å². The fourth-order valence-electron chi connectivity index (χ4n) is 3.20. The Bertz CT molecular complexity index is 1200. The summed E-state index contributed by atoms with van der Waals surface area (Å²) in [4.78, 5) is 8.08. The molecule has 0 N–H and O–H groups in total. The Balaban J connectivity index is 1.60. The Labute approximate surface area is 182 Å². The van der Waals surface area contributed by atoms with E-state index in [1.54, 1.807) is 30.5 Å². The van der Waals surface area contributed by atoms with E-state index >= 15 is 0 Å². The lowest BCUT2D eigenvalue weighted by molar-refractivity contribution is -0.141. The van der Waals surface area contributed by atoms with Crippen LogP contribution in [0.1, 0.15) is 28.1 Å². The van der Waals surface area contributed by atoms with E-state index in [1.165, 1.54) is 0 Å². The molecule has 0 aliphatic rings. The van der Waals surface area contributed by atoms with Gasteiger partial charge in [-0.05, 0) is 41.8 Å². The minimum atomic E-state index is -4.57. The van der Waals surface area contributed by atoms with E-state index in [4.69, 9.17) is 11.6 Å². The molecule has 0 amide bonds. The SMILES string of the molecule is Cc1cnn(Cc2ccc(Cc3cc(C(F)(F)F)nc(-c4cccc(Cl)c4)n3)cc2)c1. The normalized spacial score (nSPS) is 11.6. The highest BCUT2D eigenvalue weighted by atomic mass is 35.5. The van der Waals surface area contributed by atoms with E-state index in [1.807, 2.05) is 42.1 Å². The molecule has 2 heterocycles. The molecule has 0 fully saturated rings. The zero-order chi connectivity index (χ0) is 22.0. The second-order valence-corrected chi connectivity index (χ2v) is 7.72. The van der Waals surface area contributed by atoms with Gasteiger partial charge >= 0.3 is 6.18 Å². The summed E-state index contributed by atoms with van der Waals surface area (Å²) in [6, 6.07) is 15.1. The van der Waals surface area contributed by atoms with Gasteiger partial charge in [0.05, 0.1) is 12.7 Å². The third-order valence-electron chi connectivity index (χ3n) is 4.67. The molecule has 0 saturated heterocycles. The van der Waals surface area contributed by atoms with Crippen LogP contribution in [-0.2, 0) is 19.1 Å². The molecule has 8 heteroatoms. The molecule has 0 spiro atoms. The Kier molecular flexibility index (Phi) is 5.78. The Morgan fingerprint density at radius 2 is 1.71 bits per heavy atom. The van der Waals surface area contributed by atoms with Crippen molar-refractivity contribution in [1.29, 1.82) is 0 Å². The molecule has 4 rings (SSSR count). The lowest BCUT2D eigenvalue weighted by atomic mass is 10.1. The van der Waals surface area contributed by atoms with Crippen LogP contribution in [0.2, 0.25) is 5.02 Å². The first kappa shape index (κ1) is 21.1. The molecule has 2 aromatic heterocycles. The highest BCUT2D eigenvalue weighted by molar-refractivity contribution is 6.30. The summed E-state index contributed by atoms with van der Waals surface area (Å²) in [5.74, 6) is -0.00185. The van der Waals surface area contributed by atoms with Crippen LogP contribution >= 0.6 is 11.6 Å². The standard InChI is InChI=1S/C23H18ClF3N4/c1-15-12-28-31(13-15)14-17-7-5-16(6-8-17)9-20-11-21(23(25,26)27)30-22(29-20)18-3-2-4-19(24)10-18/h2-8,10-13H,9,14H2,1H3. The van der Waals surface area contributed by atoms with Gasteiger partial charge in [0.15, 0.2) is 5.82 Å². The van der Waals surface area contributed by atoms with Gasteiger partial charge in [-0.3, -0.25) is 4.68 Å². The van der Waals surface area contributed by atoms with Crippen molar-refractivity contribution >= 4 is 11.6 Å². The first-order chi connectivity index (χ1) is 14.8. The molecule has 4 aromatic rings. The number of benzene rings is 2. The molecule has 31 heavy (non-hydrogen) atoms. The van der Waals surface area contributed by atoms with Crippen LogP contribution in [0.3, 0.4) is 0 Å². The van der Waals surface area contributed by atoms with Crippen molar-refractivity contribution in [2.75, 3.05) is 0 Å². The number of hydrogen-bond acceptors (Lipinski definition) is 3. The summed E-state index contributed by atoms with van der Waals surface area (Å²) >= 11 is 5.98. The maximum Gasteiger partial charge on any atom is 0.433 e. The summed E-state index contributed by atoms with van der Waals surface area (Å²) in [5.41, 5.74) is 2.72. The van der Waals surface area contributed by atoms with E-state index in [2.05, 4.69) is 15.1 Å². The van der Waals surface area contributed by atoms with E-state index in [0.717, 1.165) is 22.8 Å². The summed E-state index contributed by atoms with van der Waals surface area (Å²) < 4.78 is 42.1. The minimum Gasteiger partial charge on any atom is -0.268 e. The van der Waals surface area contributed by atoms with Gasteiger partial charge in [-0.2, -0.15) is 18.3 Å². The predicted molar refractivity (Wildman–Crippen MR) is 113 cm³/mol. The summed E-state index contributed by atoms with van der Waals surface area (Å²) in [5, 5.41) is 4.67. The topological polar surface area (TPSA) is 43.6 Å². The van der Waals surface area contributed by atoms with Crippen LogP contribution in [0.25, 0.3) is 11.4 Å². The van der Waals surface area contributed by atoms with Crippen molar-refractivity contribution in [3.63, 3.8) is 0 Å². The molecule has 0 bridgehead atoms. The smallest absolute Gasteiger partial charge is 0.268 e. The molecule has 0 aliphatic carbocycles. The quantitative estimate of drug-likeness (QED) is 0.383. The molecule has 158 valence electrons. The molecule has 0 radical (unpaired) electrons. The average molecular weight is 443 g/mol. The highest BCUT2D eigenvalue weighted by Gasteiger charge is 2.33. The number of halogens is 4. The fourth-order valence-corrected chi connectivity index (χ4v) is 3.39. The molecular weight excluding hydrogens is 425 g/mol. The molecular formula is C23H18ClF3N4. The van der Waals surface area contributed by atoms with Gasteiger partial charge in [-0.25, -0.2) is 9.97 Å². The van der Waals surface area contributed by atoms with Crippen molar-refractivity contribution in [3.05, 3.63) is 100 Å². The second kappa shape index (κ2) is 8.51. The summed E-state index contributed by atoms with van der Waals surface area (Å²) in [7, 11) is 0. The van der Waals surface area contributed by atoms with Crippen LogP contribution in [-0.4, -0.2) is 19.7 Å². The van der Waals surface area contributed by atoms with Gasteiger partial charge < -0.3 is 0 Å². The highest BCUT2D eigenvalue weighted by Crippen LogP contribution is 2.30. The third kappa shape index (κ3) is 5.30. The van der Waals surface area contributed by atoms with Gasteiger partial charge in [0.2, 0.25) is 0 Å². The third-order valence-corrected chi connectivity index (χ3v) is 4.90. The lowest BCUT2D eigenvalue weighted by Crippen LogP contribution is -2.11. The van der Waals surface area contributed by atoms with Gasteiger partial charge in [-0.15, -0.1) is 0 Å². The minimum absolute atomic E-state index is 0.00185. The van der Waals surface area contributed by atoms with Gasteiger partial charge in [-0.1, -0.05) is 48.0 Å². The van der Waals surface area contributed by atoms with Crippen LogP contribution in [0.5, 0.6) is 0 Å². The van der Waals surface area contributed by atoms with Crippen molar-refractivity contribution in [1.82, 2.24) is 19.7 Å². The zero-order valence-corrected chi connectivity index (χ0v) is 17.3. The molecule has 0 atom stereocenters. The predicted octanol–water partition coefficient (Wildman–Crippen LogP) is 5.96. The largest absolute Gasteiger partial charge is 0.433 e. The lowest BCUT2D eigenvalue weighted by Gasteiger charge is -2.11. The number of aromatic nitrogens is 4. The Morgan fingerprint density at radius 3 is 2.35 bits per heavy atom. The van der Waals surface area contributed by atoms with Crippen LogP contribution in [0.15, 0.2) is 67.0 Å². The number of hydrogen-bond donors (Lipinski definition) is 0. The number of nitrogens with zero attached hydrogens (tertiary/aromatic N) is 4. The first-order valence-electron chi connectivity index (χ1n) is 9.54. The van der Waals surface area contributed by atoms with Crippen molar-refractivity contribution < 1.29 is 13.2 Å². The van der Waals surface area contributed by atoms with Crippen LogP contribution in [0, 0.1) is 6.92 Å². The van der Waals surface area contributed by atoms with Crippen molar-refractivity contribution in [2.45, 2.75) is 26.1 Å². The zero-order valence-electron chi connectivity index (χ0n) is 16.6. The maximum atomic E-state index is 13.4. The first-order valence-corrected chi connectivity index (χ1v) is 9.92.